The Balaban J connectivity index is 1.94. The van der Waals surface area contributed by atoms with E-state index in [2.05, 4.69) is 46.8 Å². The Morgan fingerprint density at radius 1 is 1.17 bits per heavy atom. The van der Waals surface area contributed by atoms with Gasteiger partial charge in [-0.3, -0.25) is 4.98 Å². The third-order valence-corrected chi connectivity index (χ3v) is 3.79. The topological polar surface area (TPSA) is 37.0 Å². The van der Waals surface area contributed by atoms with Crippen LogP contribution in [0.1, 0.15) is 19.8 Å². The molecule has 3 nitrogen and oxygen atoms in total. The first kappa shape index (κ1) is 11.5. The number of rotatable bonds is 2. The molecule has 94 valence electrons. The quantitative estimate of drug-likeness (QED) is 0.849. The molecule has 0 amide bonds. The Morgan fingerprint density at radius 3 is 2.78 bits per heavy atom. The van der Waals surface area contributed by atoms with Gasteiger partial charge in [0.2, 0.25) is 0 Å². The summed E-state index contributed by atoms with van der Waals surface area (Å²) in [6, 6.07) is 10.4. The maximum absolute atomic E-state index is 4.41. The predicted octanol–water partition coefficient (Wildman–Crippen LogP) is 2.79. The van der Waals surface area contributed by atoms with Crippen LogP contribution in [0.4, 0.5) is 5.69 Å². The van der Waals surface area contributed by atoms with Crippen molar-refractivity contribution in [3.63, 3.8) is 0 Å². The van der Waals surface area contributed by atoms with Crippen LogP contribution in [0.5, 0.6) is 0 Å². The summed E-state index contributed by atoms with van der Waals surface area (Å²) in [5.41, 5.74) is 2.44. The molecule has 2 N–H and O–H groups in total. The third-order valence-electron chi connectivity index (χ3n) is 3.79. The molecule has 1 aromatic heterocycles. The van der Waals surface area contributed by atoms with Crippen molar-refractivity contribution in [2.45, 2.75) is 25.3 Å². The summed E-state index contributed by atoms with van der Waals surface area (Å²) in [5.74, 6) is 0. The van der Waals surface area contributed by atoms with Gasteiger partial charge in [-0.1, -0.05) is 18.2 Å². The molecule has 0 unspecified atom stereocenters. The average Bonchev–Trinajstić information content (AvgIpc) is 2.40. The van der Waals surface area contributed by atoms with Crippen LogP contribution in [-0.2, 0) is 0 Å². The van der Waals surface area contributed by atoms with Crippen molar-refractivity contribution in [1.82, 2.24) is 10.3 Å². The van der Waals surface area contributed by atoms with Gasteiger partial charge in [-0.05, 0) is 45.0 Å². The highest BCUT2D eigenvalue weighted by molar-refractivity contribution is 5.91. The van der Waals surface area contributed by atoms with Gasteiger partial charge in [0.1, 0.15) is 0 Å². The van der Waals surface area contributed by atoms with E-state index >= 15 is 0 Å². The van der Waals surface area contributed by atoms with E-state index in [4.69, 9.17) is 0 Å². The van der Waals surface area contributed by atoms with Crippen LogP contribution in [0, 0.1) is 0 Å². The molecule has 1 saturated heterocycles. The molecule has 2 aromatic rings. The summed E-state index contributed by atoms with van der Waals surface area (Å²) >= 11 is 0. The largest absolute Gasteiger partial charge is 0.379 e. The summed E-state index contributed by atoms with van der Waals surface area (Å²) < 4.78 is 0. The minimum absolute atomic E-state index is 0.190. The highest BCUT2D eigenvalue weighted by Crippen LogP contribution is 2.28. The highest BCUT2D eigenvalue weighted by Gasteiger charge is 2.26. The number of benzene rings is 1. The lowest BCUT2D eigenvalue weighted by Gasteiger charge is -2.36. The van der Waals surface area contributed by atoms with Crippen molar-refractivity contribution >= 4 is 16.6 Å². The fourth-order valence-electron chi connectivity index (χ4n) is 2.63. The summed E-state index contributed by atoms with van der Waals surface area (Å²) in [5, 5.41) is 8.34. The molecule has 0 atom stereocenters. The van der Waals surface area contributed by atoms with E-state index < -0.39 is 0 Å². The van der Waals surface area contributed by atoms with E-state index in [1.807, 2.05) is 12.3 Å². The van der Waals surface area contributed by atoms with Crippen LogP contribution in [0.15, 0.2) is 36.5 Å². The van der Waals surface area contributed by atoms with Crippen LogP contribution < -0.4 is 10.6 Å². The van der Waals surface area contributed by atoms with Gasteiger partial charge < -0.3 is 10.6 Å². The number of hydrogen-bond acceptors (Lipinski definition) is 3. The van der Waals surface area contributed by atoms with E-state index in [9.17, 15) is 0 Å². The Labute approximate surface area is 108 Å². The van der Waals surface area contributed by atoms with Gasteiger partial charge in [0.25, 0.3) is 0 Å². The van der Waals surface area contributed by atoms with Gasteiger partial charge in [0.15, 0.2) is 0 Å². The molecule has 3 heteroatoms. The van der Waals surface area contributed by atoms with E-state index in [0.29, 0.717) is 0 Å². The Hall–Kier alpha value is -1.61. The number of nitrogens with one attached hydrogen (secondary N) is 2. The number of nitrogens with zero attached hydrogens (tertiary/aromatic N) is 1. The molecule has 1 fully saturated rings. The van der Waals surface area contributed by atoms with Crippen LogP contribution >= 0.6 is 0 Å². The van der Waals surface area contributed by atoms with E-state index in [0.717, 1.165) is 31.4 Å². The number of aromatic nitrogens is 1. The molecule has 1 aliphatic heterocycles. The second-order valence-electron chi connectivity index (χ2n) is 5.31. The number of pyridine rings is 1. The summed E-state index contributed by atoms with van der Waals surface area (Å²) in [7, 11) is 0. The van der Waals surface area contributed by atoms with Crippen molar-refractivity contribution in [1.29, 1.82) is 0 Å². The number of anilines is 1. The van der Waals surface area contributed by atoms with Crippen LogP contribution in [-0.4, -0.2) is 23.6 Å². The zero-order valence-electron chi connectivity index (χ0n) is 10.7. The predicted molar refractivity (Wildman–Crippen MR) is 75.9 cm³/mol. The molecule has 3 rings (SSSR count). The van der Waals surface area contributed by atoms with Crippen LogP contribution in [0.2, 0.25) is 0 Å². The van der Waals surface area contributed by atoms with Gasteiger partial charge in [-0.15, -0.1) is 0 Å². The lowest BCUT2D eigenvalue weighted by Crippen LogP contribution is -2.45. The Kier molecular flexibility index (Phi) is 2.92. The van der Waals surface area contributed by atoms with Gasteiger partial charge in [-0.2, -0.15) is 0 Å². The molecule has 2 heterocycles. The fraction of sp³-hybridized carbons (Fsp3) is 0.400. The monoisotopic (exact) mass is 241 g/mol. The number of para-hydroxylation sites is 1. The van der Waals surface area contributed by atoms with Gasteiger partial charge in [0.05, 0.1) is 5.52 Å². The fourth-order valence-corrected chi connectivity index (χ4v) is 2.63. The second kappa shape index (κ2) is 4.58. The first-order valence-electron chi connectivity index (χ1n) is 6.60. The zero-order valence-corrected chi connectivity index (χ0v) is 10.7. The molecule has 0 aliphatic carbocycles. The Bertz CT molecular complexity index is 539. The van der Waals surface area contributed by atoms with Crippen LogP contribution in [0.25, 0.3) is 10.9 Å². The van der Waals surface area contributed by atoms with Crippen molar-refractivity contribution in [2.24, 2.45) is 0 Å². The zero-order chi connectivity index (χ0) is 12.4. The SMILES string of the molecule is CC1(Nc2ccnc3ccccc23)CCNCC1. The maximum atomic E-state index is 4.41. The minimum Gasteiger partial charge on any atom is -0.379 e. The molecule has 0 spiro atoms. The first-order valence-corrected chi connectivity index (χ1v) is 6.60. The van der Waals surface area contributed by atoms with E-state index in [1.165, 1.54) is 11.1 Å². The van der Waals surface area contributed by atoms with Crippen LogP contribution in [0.3, 0.4) is 0 Å². The summed E-state index contributed by atoms with van der Waals surface area (Å²) in [6.45, 7) is 4.49. The molecular weight excluding hydrogens is 222 g/mol. The number of piperidine rings is 1. The lowest BCUT2D eigenvalue weighted by atomic mass is 9.90. The highest BCUT2D eigenvalue weighted by atomic mass is 15.0. The van der Waals surface area contributed by atoms with Gasteiger partial charge >= 0.3 is 0 Å². The smallest absolute Gasteiger partial charge is 0.0722 e. The van der Waals surface area contributed by atoms with Gasteiger partial charge in [0, 0.05) is 22.8 Å². The molecule has 0 saturated carbocycles. The standard InChI is InChI=1S/C15H19N3/c1-15(7-10-16-11-8-15)18-14-6-9-17-13-5-3-2-4-12(13)14/h2-6,9,16H,7-8,10-11H2,1H3,(H,17,18). The summed E-state index contributed by atoms with van der Waals surface area (Å²) in [6.07, 6.45) is 4.20. The normalized spacial score (nSPS) is 18.7. The molecular formula is C15H19N3. The van der Waals surface area contributed by atoms with Crippen molar-refractivity contribution < 1.29 is 0 Å². The summed E-state index contributed by atoms with van der Waals surface area (Å²) in [4.78, 5) is 4.41. The second-order valence-corrected chi connectivity index (χ2v) is 5.31. The van der Waals surface area contributed by atoms with E-state index in [-0.39, 0.29) is 5.54 Å². The lowest BCUT2D eigenvalue weighted by molar-refractivity contribution is 0.365. The number of fused-ring (bicyclic) bond motifs is 1. The molecule has 18 heavy (non-hydrogen) atoms. The first-order chi connectivity index (χ1) is 8.77. The molecule has 1 aromatic carbocycles. The third kappa shape index (κ3) is 2.18. The van der Waals surface area contributed by atoms with Crippen molar-refractivity contribution in [3.8, 4) is 0 Å². The molecule has 1 aliphatic rings. The van der Waals surface area contributed by atoms with Gasteiger partial charge in [-0.25, -0.2) is 0 Å². The maximum Gasteiger partial charge on any atom is 0.0722 e. The minimum atomic E-state index is 0.190. The van der Waals surface area contributed by atoms with Crippen molar-refractivity contribution in [3.05, 3.63) is 36.5 Å². The van der Waals surface area contributed by atoms with Crippen molar-refractivity contribution in [2.75, 3.05) is 18.4 Å². The average molecular weight is 241 g/mol. The Morgan fingerprint density at radius 2 is 1.94 bits per heavy atom. The van der Waals surface area contributed by atoms with E-state index in [1.54, 1.807) is 0 Å². The molecule has 0 bridgehead atoms. The number of hydrogen-bond donors (Lipinski definition) is 2. The molecule has 0 radical (unpaired) electrons.